The number of aliphatic hydroxyl groups is 2. The molecule has 5 rings (SSSR count). The van der Waals surface area contributed by atoms with Gasteiger partial charge in [0.1, 0.15) is 0 Å². The van der Waals surface area contributed by atoms with Gasteiger partial charge in [0.2, 0.25) is 5.95 Å². The van der Waals surface area contributed by atoms with Gasteiger partial charge in [-0.2, -0.15) is 4.98 Å². The van der Waals surface area contributed by atoms with E-state index in [-0.39, 0.29) is 18.6 Å². The van der Waals surface area contributed by atoms with Crippen LogP contribution in [0.3, 0.4) is 0 Å². The lowest BCUT2D eigenvalue weighted by atomic mass is 9.84. The largest absolute Gasteiger partial charge is 0.396 e. The molecule has 1 aliphatic carbocycles. The zero-order valence-corrected chi connectivity index (χ0v) is 18.3. The molecule has 0 amide bonds. The van der Waals surface area contributed by atoms with Crippen LogP contribution < -0.4 is 5.32 Å². The molecule has 0 unspecified atom stereocenters. The van der Waals surface area contributed by atoms with Crippen molar-refractivity contribution in [2.45, 2.75) is 31.4 Å². The molecule has 0 spiro atoms. The lowest BCUT2D eigenvalue weighted by Crippen LogP contribution is -2.37. The van der Waals surface area contributed by atoms with Crippen LogP contribution in [-0.2, 0) is 0 Å². The first kappa shape index (κ1) is 20.9. The molecule has 1 aliphatic rings. The number of imidazole rings is 1. The summed E-state index contributed by atoms with van der Waals surface area (Å²) in [4.78, 5) is 12.5. The number of rotatable bonds is 5. The molecule has 6 nitrogen and oxygen atoms in total. The van der Waals surface area contributed by atoms with Gasteiger partial charge in [0.05, 0.1) is 22.3 Å². The van der Waals surface area contributed by atoms with Gasteiger partial charge in [-0.25, -0.2) is 4.98 Å². The third-order valence-corrected chi connectivity index (χ3v) is 6.51. The predicted octanol–water partition coefficient (Wildman–Crippen LogP) is 4.88. The van der Waals surface area contributed by atoms with Crippen LogP contribution >= 0.6 is 11.6 Å². The van der Waals surface area contributed by atoms with Gasteiger partial charge in [0.15, 0.2) is 5.65 Å². The third-order valence-electron chi connectivity index (χ3n) is 6.22. The summed E-state index contributed by atoms with van der Waals surface area (Å²) >= 11 is 6.56. The van der Waals surface area contributed by atoms with Crippen LogP contribution in [-0.4, -0.2) is 43.9 Å². The summed E-state index contributed by atoms with van der Waals surface area (Å²) in [6.45, 7) is 0.0239. The fraction of sp³-hybridized carbons (Fsp3) is 0.280. The molecule has 0 aliphatic heterocycles. The van der Waals surface area contributed by atoms with Crippen molar-refractivity contribution in [1.29, 1.82) is 0 Å². The van der Waals surface area contributed by atoms with Gasteiger partial charge in [-0.1, -0.05) is 66.2 Å². The Morgan fingerprint density at radius 2 is 1.69 bits per heavy atom. The molecule has 7 heteroatoms. The Kier molecular flexibility index (Phi) is 5.83. The van der Waals surface area contributed by atoms with E-state index >= 15 is 0 Å². The predicted molar refractivity (Wildman–Crippen MR) is 128 cm³/mol. The molecule has 0 bridgehead atoms. The molecule has 4 aromatic rings. The molecule has 0 saturated heterocycles. The lowest BCUT2D eigenvalue weighted by molar-refractivity contribution is 0.0319. The van der Waals surface area contributed by atoms with Crippen molar-refractivity contribution in [3.8, 4) is 22.4 Å². The summed E-state index contributed by atoms with van der Waals surface area (Å²) in [7, 11) is 0. The highest BCUT2D eigenvalue weighted by atomic mass is 35.5. The molecule has 32 heavy (non-hydrogen) atoms. The number of anilines is 1. The lowest BCUT2D eigenvalue weighted by Gasteiger charge is -2.32. The van der Waals surface area contributed by atoms with Crippen molar-refractivity contribution in [1.82, 2.24) is 15.0 Å². The number of aliphatic hydroxyl groups excluding tert-OH is 2. The van der Waals surface area contributed by atoms with Crippen LogP contribution in [0.2, 0.25) is 5.02 Å². The van der Waals surface area contributed by atoms with Crippen molar-refractivity contribution in [2.24, 2.45) is 5.92 Å². The van der Waals surface area contributed by atoms with E-state index in [9.17, 15) is 10.2 Å². The maximum absolute atomic E-state index is 10.2. The Hall–Kier alpha value is -2.93. The Morgan fingerprint density at radius 1 is 0.969 bits per heavy atom. The second kappa shape index (κ2) is 8.90. The molecular formula is C25H25ClN4O2. The SMILES string of the molecule is OC[C@H]1CC[C@@H](Nc2nc3nc(-c4ccc(-c5ccccc5)cc4)c(Cl)cc3[nH]2)C[C@@H]1O. The molecule has 1 fully saturated rings. The second-order valence-electron chi connectivity index (χ2n) is 8.38. The van der Waals surface area contributed by atoms with Crippen molar-refractivity contribution in [2.75, 3.05) is 11.9 Å². The van der Waals surface area contributed by atoms with E-state index in [4.69, 9.17) is 16.6 Å². The number of fused-ring (bicyclic) bond motifs is 1. The molecule has 4 N–H and O–H groups in total. The maximum Gasteiger partial charge on any atom is 0.202 e. The summed E-state index contributed by atoms with van der Waals surface area (Å²) in [6, 6.07) is 20.3. The van der Waals surface area contributed by atoms with Gasteiger partial charge in [-0.3, -0.25) is 0 Å². The Morgan fingerprint density at radius 3 is 2.41 bits per heavy atom. The van der Waals surface area contributed by atoms with Crippen molar-refractivity contribution in [3.05, 3.63) is 65.7 Å². The quantitative estimate of drug-likeness (QED) is 0.349. The number of nitrogens with zero attached hydrogens (tertiary/aromatic N) is 2. The molecule has 2 aromatic heterocycles. The molecule has 0 radical (unpaired) electrons. The van der Waals surface area contributed by atoms with Crippen LogP contribution in [0.25, 0.3) is 33.5 Å². The summed E-state index contributed by atoms with van der Waals surface area (Å²) < 4.78 is 0. The molecule has 3 atom stereocenters. The first-order valence-corrected chi connectivity index (χ1v) is 11.3. The fourth-order valence-electron chi connectivity index (χ4n) is 4.39. The summed E-state index contributed by atoms with van der Waals surface area (Å²) in [6.07, 6.45) is 1.72. The van der Waals surface area contributed by atoms with Gasteiger partial charge >= 0.3 is 0 Å². The van der Waals surface area contributed by atoms with E-state index in [0.29, 0.717) is 28.7 Å². The number of pyridine rings is 1. The summed E-state index contributed by atoms with van der Waals surface area (Å²) in [5, 5.41) is 23.4. The molecule has 2 heterocycles. The minimum absolute atomic E-state index is 0.0239. The van der Waals surface area contributed by atoms with Gasteiger partial charge in [-0.15, -0.1) is 0 Å². The number of hydrogen-bond acceptors (Lipinski definition) is 5. The zero-order chi connectivity index (χ0) is 22.1. The standard InChI is InChI=1S/C25H25ClN4O2/c26-20-13-21-24(30-25(28-21)27-19-11-10-18(14-31)22(32)12-19)29-23(20)17-8-6-16(7-9-17)15-4-2-1-3-5-15/h1-9,13,18-19,22,31-32H,10-12,14H2,(H2,27,28,29,30)/t18-,19-,22+/m1/s1. The van der Waals surface area contributed by atoms with Crippen molar-refractivity contribution in [3.63, 3.8) is 0 Å². The zero-order valence-electron chi connectivity index (χ0n) is 17.5. The van der Waals surface area contributed by atoms with E-state index in [2.05, 4.69) is 39.6 Å². The highest BCUT2D eigenvalue weighted by Crippen LogP contribution is 2.32. The second-order valence-corrected chi connectivity index (χ2v) is 8.79. The van der Waals surface area contributed by atoms with Gasteiger partial charge in [0.25, 0.3) is 0 Å². The van der Waals surface area contributed by atoms with Gasteiger partial charge in [0, 0.05) is 24.1 Å². The van der Waals surface area contributed by atoms with Gasteiger partial charge < -0.3 is 20.5 Å². The first-order valence-electron chi connectivity index (χ1n) is 10.9. The number of nitrogens with one attached hydrogen (secondary N) is 2. The first-order chi connectivity index (χ1) is 15.6. The van der Waals surface area contributed by atoms with Gasteiger partial charge in [-0.05, 0) is 36.5 Å². The number of benzene rings is 2. The number of aromatic amines is 1. The number of hydrogen-bond donors (Lipinski definition) is 4. The van der Waals surface area contributed by atoms with Crippen molar-refractivity contribution < 1.29 is 10.2 Å². The Labute approximate surface area is 191 Å². The Balaban J connectivity index is 1.37. The highest BCUT2D eigenvalue weighted by Gasteiger charge is 2.29. The number of halogens is 1. The highest BCUT2D eigenvalue weighted by molar-refractivity contribution is 6.33. The Bertz CT molecular complexity index is 1210. The average molecular weight is 449 g/mol. The van der Waals surface area contributed by atoms with E-state index in [1.165, 1.54) is 0 Å². The fourth-order valence-corrected chi connectivity index (χ4v) is 4.65. The molecule has 1 saturated carbocycles. The van der Waals surface area contributed by atoms with E-state index in [0.717, 1.165) is 35.0 Å². The van der Waals surface area contributed by atoms with Crippen molar-refractivity contribution >= 4 is 28.7 Å². The van der Waals surface area contributed by atoms with E-state index in [1.807, 2.05) is 36.4 Å². The molecule has 2 aromatic carbocycles. The summed E-state index contributed by atoms with van der Waals surface area (Å²) in [5.41, 5.74) is 5.26. The van der Waals surface area contributed by atoms with E-state index in [1.54, 1.807) is 0 Å². The smallest absolute Gasteiger partial charge is 0.202 e. The maximum atomic E-state index is 10.2. The van der Waals surface area contributed by atoms with Crippen LogP contribution in [0.15, 0.2) is 60.7 Å². The van der Waals surface area contributed by atoms with Crippen LogP contribution in [0, 0.1) is 5.92 Å². The van der Waals surface area contributed by atoms with E-state index < -0.39 is 6.10 Å². The molecule has 164 valence electrons. The number of aromatic nitrogens is 3. The topological polar surface area (TPSA) is 94.1 Å². The van der Waals surface area contributed by atoms with Crippen LogP contribution in [0.1, 0.15) is 19.3 Å². The monoisotopic (exact) mass is 448 g/mol. The molecular weight excluding hydrogens is 424 g/mol. The summed E-state index contributed by atoms with van der Waals surface area (Å²) in [5.74, 6) is 0.569. The number of H-pyrrole nitrogens is 1. The minimum atomic E-state index is -0.506. The minimum Gasteiger partial charge on any atom is -0.396 e. The van der Waals surface area contributed by atoms with Crippen LogP contribution in [0.5, 0.6) is 0 Å². The average Bonchev–Trinajstić information content (AvgIpc) is 3.20. The normalized spacial score (nSPS) is 21.0. The van der Waals surface area contributed by atoms with Crippen LogP contribution in [0.4, 0.5) is 5.95 Å². The third kappa shape index (κ3) is 4.21.